The molecule has 0 spiro atoms. The summed E-state index contributed by atoms with van der Waals surface area (Å²) in [7, 11) is -9.14. The van der Waals surface area contributed by atoms with E-state index in [9.17, 15) is 26.2 Å². The second-order valence-electron chi connectivity index (χ2n) is 5.77. The van der Waals surface area contributed by atoms with Gasteiger partial charge >= 0.3 is 15.6 Å². The maximum atomic E-state index is 13.1. The summed E-state index contributed by atoms with van der Waals surface area (Å²) >= 11 is 0. The van der Waals surface area contributed by atoms with Crippen LogP contribution in [0.25, 0.3) is 0 Å². The summed E-state index contributed by atoms with van der Waals surface area (Å²) in [5.41, 5.74) is -5.57. The van der Waals surface area contributed by atoms with Crippen LogP contribution in [-0.4, -0.2) is 25.4 Å². The third-order valence-electron chi connectivity index (χ3n) is 3.29. The van der Waals surface area contributed by atoms with Crippen molar-refractivity contribution >= 4 is 22.6 Å². The Morgan fingerprint density at radius 2 is 1.82 bits per heavy atom. The average molecular weight is 358 g/mol. The average Bonchev–Trinajstić information content (AvgIpc) is 2.67. The first-order chi connectivity index (χ1) is 9.80. The molecule has 0 fully saturated rings. The topological polar surface area (TPSA) is 69.7 Å². The highest BCUT2D eigenvalue weighted by Crippen LogP contribution is 2.63. The maximum absolute atomic E-state index is 13.1. The number of halogens is 3. The van der Waals surface area contributed by atoms with Gasteiger partial charge in [0.05, 0.1) is 0 Å². The Balaban J connectivity index is 2.60. The largest absolute Gasteiger partial charge is 0.534 e. The normalized spacial score (nSPS) is 22.1. The van der Waals surface area contributed by atoms with Gasteiger partial charge in [-0.15, -0.1) is 0 Å². The molecule has 0 saturated carbocycles. The van der Waals surface area contributed by atoms with Crippen molar-refractivity contribution in [3.63, 3.8) is 0 Å². The molecule has 0 N–H and O–H groups in total. The zero-order valence-electron chi connectivity index (χ0n) is 12.0. The molecule has 1 aliphatic heterocycles. The number of hydrogen-bond donors (Lipinski definition) is 0. The fourth-order valence-corrected chi connectivity index (χ4v) is 4.97. The SMILES string of the molecule is CC(C)(C)[P@]1(=O)COc2cccc(OS(=O)(=O)C(F)(F)F)c21. The van der Waals surface area contributed by atoms with Crippen LogP contribution in [0.2, 0.25) is 0 Å². The minimum absolute atomic E-state index is 0.0770. The lowest BCUT2D eigenvalue weighted by atomic mass is 10.3. The Hall–Kier alpha value is -1.21. The van der Waals surface area contributed by atoms with Gasteiger partial charge in [-0.1, -0.05) is 26.8 Å². The summed E-state index contributed by atoms with van der Waals surface area (Å²) in [6, 6.07) is 3.72. The second kappa shape index (κ2) is 4.89. The second-order valence-corrected chi connectivity index (χ2v) is 10.8. The van der Waals surface area contributed by atoms with Crippen LogP contribution in [0.5, 0.6) is 11.5 Å². The highest BCUT2D eigenvalue weighted by molar-refractivity contribution is 7.88. The zero-order chi connectivity index (χ0) is 17.0. The van der Waals surface area contributed by atoms with Crippen LogP contribution >= 0.6 is 7.14 Å². The van der Waals surface area contributed by atoms with Crippen LogP contribution < -0.4 is 14.2 Å². The van der Waals surface area contributed by atoms with Crippen molar-refractivity contribution in [1.29, 1.82) is 0 Å². The van der Waals surface area contributed by atoms with Gasteiger partial charge in [-0.3, -0.25) is 0 Å². The summed E-state index contributed by atoms with van der Waals surface area (Å²) in [6.07, 6.45) is -0.210. The predicted octanol–water partition coefficient (Wildman–Crippen LogP) is 3.05. The summed E-state index contributed by atoms with van der Waals surface area (Å²) in [5, 5.41) is -0.921. The zero-order valence-corrected chi connectivity index (χ0v) is 13.7. The lowest BCUT2D eigenvalue weighted by Gasteiger charge is -2.27. The van der Waals surface area contributed by atoms with Gasteiger partial charge in [-0.25, -0.2) is 0 Å². The Bertz CT molecular complexity index is 749. The van der Waals surface area contributed by atoms with Crippen molar-refractivity contribution in [3.8, 4) is 11.5 Å². The van der Waals surface area contributed by atoms with Crippen molar-refractivity contribution in [2.24, 2.45) is 0 Å². The quantitative estimate of drug-likeness (QED) is 0.462. The summed E-state index contributed by atoms with van der Waals surface area (Å²) in [6.45, 7) is 4.92. The van der Waals surface area contributed by atoms with E-state index in [0.29, 0.717) is 0 Å². The molecule has 1 aromatic carbocycles. The van der Waals surface area contributed by atoms with Gasteiger partial charge in [-0.05, 0) is 12.1 Å². The summed E-state index contributed by atoms with van der Waals surface area (Å²) in [5.74, 6) is -0.529. The molecule has 0 saturated heterocycles. The highest BCUT2D eigenvalue weighted by Gasteiger charge is 2.52. The van der Waals surface area contributed by atoms with Crippen LogP contribution in [0, 0.1) is 0 Å². The van der Waals surface area contributed by atoms with Gasteiger partial charge < -0.3 is 13.5 Å². The van der Waals surface area contributed by atoms with Crippen molar-refractivity contribution < 1.29 is 35.1 Å². The first-order valence-electron chi connectivity index (χ1n) is 6.16. The lowest BCUT2D eigenvalue weighted by molar-refractivity contribution is -0.0499. The van der Waals surface area contributed by atoms with Crippen LogP contribution in [0.15, 0.2) is 18.2 Å². The molecule has 1 heterocycles. The molecule has 22 heavy (non-hydrogen) atoms. The van der Waals surface area contributed by atoms with E-state index in [1.54, 1.807) is 20.8 Å². The summed E-state index contributed by atoms with van der Waals surface area (Å²) in [4.78, 5) is 0. The Morgan fingerprint density at radius 3 is 2.32 bits per heavy atom. The van der Waals surface area contributed by atoms with E-state index >= 15 is 0 Å². The molecular formula is C12H14F3O5PS. The molecule has 1 aromatic rings. The number of hydrogen-bond acceptors (Lipinski definition) is 5. The van der Waals surface area contributed by atoms with Gasteiger partial charge in [0.2, 0.25) is 0 Å². The number of benzene rings is 1. The third kappa shape index (κ3) is 2.60. The van der Waals surface area contributed by atoms with Gasteiger partial charge in [-0.2, -0.15) is 21.6 Å². The Kier molecular flexibility index (Phi) is 3.81. The van der Waals surface area contributed by atoms with E-state index in [1.165, 1.54) is 12.1 Å². The monoisotopic (exact) mass is 358 g/mol. The molecule has 0 aliphatic carbocycles. The molecule has 0 radical (unpaired) electrons. The van der Waals surface area contributed by atoms with Crippen molar-refractivity contribution in [1.82, 2.24) is 0 Å². The van der Waals surface area contributed by atoms with E-state index in [2.05, 4.69) is 4.18 Å². The van der Waals surface area contributed by atoms with Gasteiger partial charge in [0.25, 0.3) is 0 Å². The molecule has 1 aliphatic rings. The van der Waals surface area contributed by atoms with Crippen LogP contribution in [0.3, 0.4) is 0 Å². The molecule has 5 nitrogen and oxygen atoms in total. The van der Waals surface area contributed by atoms with E-state index in [0.717, 1.165) is 6.07 Å². The molecule has 10 heteroatoms. The first kappa shape index (κ1) is 17.1. The van der Waals surface area contributed by atoms with Gasteiger partial charge in [0.15, 0.2) is 12.9 Å². The Labute approximate surface area is 125 Å². The van der Waals surface area contributed by atoms with Crippen molar-refractivity contribution in [2.75, 3.05) is 6.35 Å². The predicted molar refractivity (Wildman–Crippen MR) is 74.5 cm³/mol. The number of fused-ring (bicyclic) bond motifs is 1. The van der Waals surface area contributed by atoms with E-state index in [1.807, 2.05) is 0 Å². The van der Waals surface area contributed by atoms with Crippen molar-refractivity contribution in [2.45, 2.75) is 31.4 Å². The number of rotatable bonds is 2. The van der Waals surface area contributed by atoms with E-state index in [4.69, 9.17) is 4.74 Å². The summed E-state index contributed by atoms with van der Waals surface area (Å²) < 4.78 is 82.5. The van der Waals surface area contributed by atoms with Crippen LogP contribution in [0.1, 0.15) is 20.8 Å². The number of alkyl halides is 3. The van der Waals surface area contributed by atoms with Crippen LogP contribution in [0.4, 0.5) is 13.2 Å². The number of ether oxygens (including phenoxy) is 1. The lowest BCUT2D eigenvalue weighted by Crippen LogP contribution is -2.30. The smallest absolute Gasteiger partial charge is 0.485 e. The molecule has 0 amide bonds. The molecule has 0 aromatic heterocycles. The van der Waals surface area contributed by atoms with E-state index in [-0.39, 0.29) is 17.4 Å². The molecule has 1 atom stereocenters. The Morgan fingerprint density at radius 1 is 1.23 bits per heavy atom. The molecule has 2 rings (SSSR count). The third-order valence-corrected chi connectivity index (χ3v) is 8.08. The fourth-order valence-electron chi connectivity index (χ4n) is 1.96. The van der Waals surface area contributed by atoms with Gasteiger partial charge in [0.1, 0.15) is 17.4 Å². The van der Waals surface area contributed by atoms with E-state index < -0.39 is 33.7 Å². The van der Waals surface area contributed by atoms with Crippen molar-refractivity contribution in [3.05, 3.63) is 18.2 Å². The highest BCUT2D eigenvalue weighted by atomic mass is 32.2. The van der Waals surface area contributed by atoms with Crippen LogP contribution in [-0.2, 0) is 14.7 Å². The van der Waals surface area contributed by atoms with Gasteiger partial charge in [0, 0.05) is 5.16 Å². The minimum Gasteiger partial charge on any atom is -0.485 e. The first-order valence-corrected chi connectivity index (χ1v) is 9.46. The molecule has 124 valence electrons. The minimum atomic E-state index is -5.84. The fraction of sp³-hybridized carbons (Fsp3) is 0.500. The standard InChI is InChI=1S/C12H14F3O5PS/c1-11(2,3)21(16)7-19-8-5-4-6-9(10(8)21)20-22(17,18)12(13,14)15/h4-6H,7H2,1-3H3/t21-/m0/s1. The maximum Gasteiger partial charge on any atom is 0.534 e. The molecule has 0 bridgehead atoms. The molecular weight excluding hydrogens is 344 g/mol. The molecule has 0 unspecified atom stereocenters.